The van der Waals surface area contributed by atoms with Crippen LogP contribution in [0.25, 0.3) is 0 Å². The van der Waals surface area contributed by atoms with Gasteiger partial charge in [-0.2, -0.15) is 0 Å². The van der Waals surface area contributed by atoms with Gasteiger partial charge in [-0.1, -0.05) is 25.1 Å². The molecule has 1 aromatic carbocycles. The Morgan fingerprint density at radius 3 is 2.40 bits per heavy atom. The van der Waals surface area contributed by atoms with Gasteiger partial charge in [0.1, 0.15) is 0 Å². The van der Waals surface area contributed by atoms with E-state index in [1.807, 2.05) is 0 Å². The Labute approximate surface area is 124 Å². The van der Waals surface area contributed by atoms with Crippen LogP contribution in [0.15, 0.2) is 30.3 Å². The molecule has 20 heavy (non-hydrogen) atoms. The normalized spacial score (nSPS) is 22.7. The quantitative estimate of drug-likeness (QED) is 0.807. The third kappa shape index (κ3) is 4.82. The van der Waals surface area contributed by atoms with E-state index < -0.39 is 0 Å². The van der Waals surface area contributed by atoms with Crippen LogP contribution in [-0.2, 0) is 0 Å². The van der Waals surface area contributed by atoms with Crippen LogP contribution in [-0.4, -0.2) is 19.1 Å². The van der Waals surface area contributed by atoms with Crippen molar-refractivity contribution in [2.24, 2.45) is 11.7 Å². The minimum atomic E-state index is 0.479. The van der Waals surface area contributed by atoms with E-state index in [1.165, 1.54) is 63.7 Å². The standard InChI is InChI=1S/C18H30N2/c1-2-14-20(18-8-4-3-5-9-18)15-6-7-16-10-12-17(19)13-11-16/h3-5,8-9,16-17H,2,6-7,10-15,19H2,1H3/t16-,17-. The molecule has 1 aromatic rings. The molecule has 0 aliphatic heterocycles. The molecular weight excluding hydrogens is 244 g/mol. The highest BCUT2D eigenvalue weighted by molar-refractivity contribution is 5.45. The minimum Gasteiger partial charge on any atom is -0.372 e. The zero-order chi connectivity index (χ0) is 14.2. The summed E-state index contributed by atoms with van der Waals surface area (Å²) in [5.74, 6) is 0.925. The van der Waals surface area contributed by atoms with Gasteiger partial charge >= 0.3 is 0 Å². The van der Waals surface area contributed by atoms with E-state index >= 15 is 0 Å². The van der Waals surface area contributed by atoms with Crippen molar-refractivity contribution in [3.63, 3.8) is 0 Å². The number of nitrogens with two attached hydrogens (primary N) is 1. The number of anilines is 1. The summed E-state index contributed by atoms with van der Waals surface area (Å²) in [4.78, 5) is 2.54. The van der Waals surface area contributed by atoms with Gasteiger partial charge in [0, 0.05) is 24.8 Å². The second-order valence-electron chi connectivity index (χ2n) is 6.25. The fourth-order valence-corrected chi connectivity index (χ4v) is 3.33. The van der Waals surface area contributed by atoms with Crippen molar-refractivity contribution >= 4 is 5.69 Å². The molecule has 1 fully saturated rings. The maximum absolute atomic E-state index is 5.98. The zero-order valence-corrected chi connectivity index (χ0v) is 12.9. The maximum atomic E-state index is 5.98. The highest BCUT2D eigenvalue weighted by Gasteiger charge is 2.18. The zero-order valence-electron chi connectivity index (χ0n) is 12.9. The number of rotatable bonds is 7. The Kier molecular flexibility index (Phi) is 6.38. The van der Waals surface area contributed by atoms with E-state index in [0.717, 1.165) is 5.92 Å². The summed E-state index contributed by atoms with van der Waals surface area (Å²) >= 11 is 0. The fourth-order valence-electron chi connectivity index (χ4n) is 3.33. The predicted molar refractivity (Wildman–Crippen MR) is 88.1 cm³/mol. The van der Waals surface area contributed by atoms with Crippen molar-refractivity contribution in [2.45, 2.75) is 57.9 Å². The number of nitrogens with zero attached hydrogens (tertiary/aromatic N) is 1. The van der Waals surface area contributed by atoms with Crippen molar-refractivity contribution in [3.8, 4) is 0 Å². The molecular formula is C18H30N2. The van der Waals surface area contributed by atoms with Gasteiger partial charge in [-0.05, 0) is 63.0 Å². The molecule has 1 aliphatic rings. The van der Waals surface area contributed by atoms with Gasteiger partial charge in [0.15, 0.2) is 0 Å². The average molecular weight is 274 g/mol. The van der Waals surface area contributed by atoms with Crippen molar-refractivity contribution in [1.82, 2.24) is 0 Å². The molecule has 0 aromatic heterocycles. The Bertz CT molecular complexity index is 355. The highest BCUT2D eigenvalue weighted by atomic mass is 15.1. The monoisotopic (exact) mass is 274 g/mol. The molecule has 112 valence electrons. The third-order valence-electron chi connectivity index (χ3n) is 4.55. The van der Waals surface area contributed by atoms with Crippen LogP contribution in [0.3, 0.4) is 0 Å². The molecule has 0 saturated heterocycles. The summed E-state index contributed by atoms with van der Waals surface area (Å²) in [6.45, 7) is 4.62. The van der Waals surface area contributed by atoms with E-state index in [0.29, 0.717) is 6.04 Å². The third-order valence-corrected chi connectivity index (χ3v) is 4.55. The van der Waals surface area contributed by atoms with Gasteiger partial charge in [0.25, 0.3) is 0 Å². The molecule has 0 atom stereocenters. The summed E-state index contributed by atoms with van der Waals surface area (Å²) in [6.07, 6.45) is 9.08. The van der Waals surface area contributed by atoms with E-state index in [-0.39, 0.29) is 0 Å². The van der Waals surface area contributed by atoms with Crippen LogP contribution in [0.2, 0.25) is 0 Å². The van der Waals surface area contributed by atoms with Gasteiger partial charge in [0.05, 0.1) is 0 Å². The van der Waals surface area contributed by atoms with Gasteiger partial charge in [-0.25, -0.2) is 0 Å². The summed E-state index contributed by atoms with van der Waals surface area (Å²) in [7, 11) is 0. The van der Waals surface area contributed by atoms with Gasteiger partial charge in [-0.15, -0.1) is 0 Å². The molecule has 0 heterocycles. The molecule has 2 nitrogen and oxygen atoms in total. The first-order valence-corrected chi connectivity index (χ1v) is 8.35. The number of hydrogen-bond acceptors (Lipinski definition) is 2. The van der Waals surface area contributed by atoms with Crippen LogP contribution < -0.4 is 10.6 Å². The van der Waals surface area contributed by atoms with Crippen LogP contribution in [0.4, 0.5) is 5.69 Å². The topological polar surface area (TPSA) is 29.3 Å². The summed E-state index contributed by atoms with van der Waals surface area (Å²) in [6, 6.07) is 11.3. The lowest BCUT2D eigenvalue weighted by Crippen LogP contribution is -2.28. The Morgan fingerprint density at radius 1 is 1.05 bits per heavy atom. The van der Waals surface area contributed by atoms with Crippen LogP contribution in [0.5, 0.6) is 0 Å². The van der Waals surface area contributed by atoms with Crippen LogP contribution in [0.1, 0.15) is 51.9 Å². The first-order chi connectivity index (χ1) is 9.79. The lowest BCUT2D eigenvalue weighted by atomic mass is 9.84. The van der Waals surface area contributed by atoms with Crippen molar-refractivity contribution in [2.75, 3.05) is 18.0 Å². The van der Waals surface area contributed by atoms with Crippen molar-refractivity contribution < 1.29 is 0 Å². The molecule has 2 rings (SSSR count). The smallest absolute Gasteiger partial charge is 0.0366 e. The molecule has 1 saturated carbocycles. The highest BCUT2D eigenvalue weighted by Crippen LogP contribution is 2.27. The maximum Gasteiger partial charge on any atom is 0.0366 e. The van der Waals surface area contributed by atoms with Crippen LogP contribution >= 0.6 is 0 Å². The largest absolute Gasteiger partial charge is 0.372 e. The van der Waals surface area contributed by atoms with Gasteiger partial charge in [-0.3, -0.25) is 0 Å². The molecule has 2 heteroatoms. The molecule has 0 spiro atoms. The molecule has 1 aliphatic carbocycles. The molecule has 0 bridgehead atoms. The second-order valence-corrected chi connectivity index (χ2v) is 6.25. The van der Waals surface area contributed by atoms with E-state index in [4.69, 9.17) is 5.73 Å². The summed E-state index contributed by atoms with van der Waals surface area (Å²) in [5, 5.41) is 0. The number of hydrogen-bond donors (Lipinski definition) is 1. The fraction of sp³-hybridized carbons (Fsp3) is 0.667. The van der Waals surface area contributed by atoms with Crippen LogP contribution in [0, 0.1) is 5.92 Å². The van der Waals surface area contributed by atoms with Gasteiger partial charge in [0.2, 0.25) is 0 Å². The second kappa shape index (κ2) is 8.31. The lowest BCUT2D eigenvalue weighted by Gasteiger charge is -2.28. The molecule has 2 N–H and O–H groups in total. The Balaban J connectivity index is 1.75. The van der Waals surface area contributed by atoms with Crippen molar-refractivity contribution in [1.29, 1.82) is 0 Å². The molecule has 0 radical (unpaired) electrons. The number of benzene rings is 1. The first kappa shape index (κ1) is 15.4. The minimum absolute atomic E-state index is 0.479. The summed E-state index contributed by atoms with van der Waals surface area (Å²) in [5.41, 5.74) is 7.36. The van der Waals surface area contributed by atoms with E-state index in [2.05, 4.69) is 42.2 Å². The molecule has 0 amide bonds. The van der Waals surface area contributed by atoms with Crippen molar-refractivity contribution in [3.05, 3.63) is 30.3 Å². The predicted octanol–water partition coefficient (Wildman–Crippen LogP) is 4.20. The number of para-hydroxylation sites is 1. The lowest BCUT2D eigenvalue weighted by molar-refractivity contribution is 0.306. The average Bonchev–Trinajstić information content (AvgIpc) is 2.49. The summed E-state index contributed by atoms with van der Waals surface area (Å²) < 4.78 is 0. The van der Waals surface area contributed by atoms with E-state index in [1.54, 1.807) is 0 Å². The Hall–Kier alpha value is -1.02. The Morgan fingerprint density at radius 2 is 1.75 bits per heavy atom. The van der Waals surface area contributed by atoms with E-state index in [9.17, 15) is 0 Å². The first-order valence-electron chi connectivity index (χ1n) is 8.35. The van der Waals surface area contributed by atoms with Gasteiger partial charge < -0.3 is 10.6 Å². The molecule has 0 unspecified atom stereocenters. The SMILES string of the molecule is CCCN(CCC[C@H]1CC[C@H](N)CC1)c1ccccc1.